The number of benzene rings is 3. The second-order valence-electron chi connectivity index (χ2n) is 6.73. The van der Waals surface area contributed by atoms with Gasteiger partial charge in [0.1, 0.15) is 11.5 Å². The average molecular weight is 462 g/mol. The summed E-state index contributed by atoms with van der Waals surface area (Å²) in [5.41, 5.74) is 4.06. The third-order valence-electron chi connectivity index (χ3n) is 4.86. The molecule has 30 heavy (non-hydrogen) atoms. The molecule has 0 aliphatic carbocycles. The molecule has 1 aliphatic rings. The minimum atomic E-state index is -0.0888. The normalized spacial score (nSPS) is 14.8. The van der Waals surface area contributed by atoms with Crippen molar-refractivity contribution in [2.24, 2.45) is 0 Å². The van der Waals surface area contributed by atoms with Crippen LogP contribution in [0.4, 0.5) is 5.69 Å². The maximum atomic E-state index is 13.4. The molecule has 0 bridgehead atoms. The highest BCUT2D eigenvalue weighted by molar-refractivity contribution is 9.10. The third-order valence-corrected chi connectivity index (χ3v) is 5.48. The van der Waals surface area contributed by atoms with E-state index in [4.69, 9.17) is 9.47 Å². The lowest BCUT2D eigenvalue weighted by atomic mass is 10.1. The van der Waals surface area contributed by atoms with Crippen molar-refractivity contribution in [2.45, 2.75) is 0 Å². The summed E-state index contributed by atoms with van der Waals surface area (Å²) < 4.78 is 11.5. The number of nitrogens with zero attached hydrogens (tertiary/aromatic N) is 1. The Balaban J connectivity index is 1.80. The molecule has 3 aromatic rings. The van der Waals surface area contributed by atoms with Crippen molar-refractivity contribution < 1.29 is 14.3 Å². The summed E-state index contributed by atoms with van der Waals surface area (Å²) >= 11 is 3.51. The van der Waals surface area contributed by atoms with Crippen LogP contribution in [-0.4, -0.2) is 20.1 Å². The molecule has 1 amide bonds. The Morgan fingerprint density at radius 3 is 2.40 bits per heavy atom. The number of hydrogen-bond donors (Lipinski definition) is 0. The summed E-state index contributed by atoms with van der Waals surface area (Å²) in [6.45, 7) is 0. The van der Waals surface area contributed by atoms with Gasteiger partial charge < -0.3 is 9.47 Å². The lowest BCUT2D eigenvalue weighted by Crippen LogP contribution is -2.24. The molecule has 0 saturated carbocycles. The van der Waals surface area contributed by atoms with E-state index in [1.54, 1.807) is 19.1 Å². The standard InChI is InChI=1S/C25H20BrNO3/c1-29-21-10-6-9-20(16-21)27-23(18-7-4-3-5-8-18)15-19(25(27)28)13-17-11-12-24(30-2)22(26)14-17/h3-16H,1-2H3. The predicted octanol–water partition coefficient (Wildman–Crippen LogP) is 5.94. The summed E-state index contributed by atoms with van der Waals surface area (Å²) in [5, 5.41) is 0. The number of carbonyl (C=O) groups excluding carboxylic acids is 1. The van der Waals surface area contributed by atoms with Gasteiger partial charge in [-0.2, -0.15) is 0 Å². The van der Waals surface area contributed by atoms with Crippen molar-refractivity contribution in [3.8, 4) is 11.5 Å². The van der Waals surface area contributed by atoms with Crippen molar-refractivity contribution in [3.05, 3.63) is 100 Å². The highest BCUT2D eigenvalue weighted by Gasteiger charge is 2.30. The molecule has 1 heterocycles. The van der Waals surface area contributed by atoms with Crippen LogP contribution in [0.1, 0.15) is 11.1 Å². The summed E-state index contributed by atoms with van der Waals surface area (Å²) in [4.78, 5) is 15.2. The molecule has 1 aliphatic heterocycles. The maximum Gasteiger partial charge on any atom is 0.262 e. The fraction of sp³-hybridized carbons (Fsp3) is 0.0800. The number of ether oxygens (including phenoxy) is 2. The first kappa shape index (κ1) is 20.0. The molecule has 3 aromatic carbocycles. The molecule has 0 aromatic heterocycles. The van der Waals surface area contributed by atoms with Crippen molar-refractivity contribution in [3.63, 3.8) is 0 Å². The number of rotatable bonds is 5. The van der Waals surface area contributed by atoms with Gasteiger partial charge in [-0.3, -0.25) is 9.69 Å². The quantitative estimate of drug-likeness (QED) is 0.441. The summed E-state index contributed by atoms with van der Waals surface area (Å²) in [5.74, 6) is 1.35. The largest absolute Gasteiger partial charge is 0.497 e. The topological polar surface area (TPSA) is 38.8 Å². The van der Waals surface area contributed by atoms with Gasteiger partial charge in [-0.25, -0.2) is 0 Å². The van der Waals surface area contributed by atoms with E-state index in [-0.39, 0.29) is 5.91 Å². The molecule has 0 radical (unpaired) electrons. The van der Waals surface area contributed by atoms with Crippen LogP contribution >= 0.6 is 15.9 Å². The zero-order chi connectivity index (χ0) is 21.1. The van der Waals surface area contributed by atoms with Gasteiger partial charge in [-0.15, -0.1) is 0 Å². The molecular weight excluding hydrogens is 442 g/mol. The van der Waals surface area contributed by atoms with Crippen LogP contribution in [-0.2, 0) is 4.79 Å². The number of halogens is 1. The molecule has 0 N–H and O–H groups in total. The third kappa shape index (κ3) is 3.89. The van der Waals surface area contributed by atoms with Gasteiger partial charge in [0, 0.05) is 11.6 Å². The van der Waals surface area contributed by atoms with Crippen molar-refractivity contribution in [1.29, 1.82) is 0 Å². The minimum absolute atomic E-state index is 0.0888. The van der Waals surface area contributed by atoms with E-state index < -0.39 is 0 Å². The van der Waals surface area contributed by atoms with Gasteiger partial charge in [-0.1, -0.05) is 42.5 Å². The van der Waals surface area contributed by atoms with Gasteiger partial charge >= 0.3 is 0 Å². The maximum absolute atomic E-state index is 13.4. The fourth-order valence-corrected chi connectivity index (χ4v) is 3.95. The van der Waals surface area contributed by atoms with Gasteiger partial charge in [0.25, 0.3) is 5.91 Å². The highest BCUT2D eigenvalue weighted by Crippen LogP contribution is 2.37. The Kier molecular flexibility index (Phi) is 5.72. The number of anilines is 1. The molecular formula is C25H20BrNO3. The van der Waals surface area contributed by atoms with E-state index in [0.717, 1.165) is 32.7 Å². The van der Waals surface area contributed by atoms with Gasteiger partial charge in [-0.05, 0) is 63.5 Å². The molecule has 4 rings (SSSR count). The molecule has 150 valence electrons. The number of amides is 1. The van der Waals surface area contributed by atoms with Crippen LogP contribution in [0.25, 0.3) is 11.8 Å². The summed E-state index contributed by atoms with van der Waals surface area (Å²) in [7, 11) is 3.24. The van der Waals surface area contributed by atoms with Crippen LogP contribution in [0.15, 0.2) is 88.9 Å². The molecule has 0 unspecified atom stereocenters. The van der Waals surface area contributed by atoms with Crippen molar-refractivity contribution in [1.82, 2.24) is 0 Å². The Morgan fingerprint density at radius 2 is 1.70 bits per heavy atom. The van der Waals surface area contributed by atoms with Crippen LogP contribution in [0.5, 0.6) is 11.5 Å². The zero-order valence-corrected chi connectivity index (χ0v) is 18.2. The van der Waals surface area contributed by atoms with E-state index in [2.05, 4.69) is 15.9 Å². The van der Waals surface area contributed by atoms with Gasteiger partial charge in [0.05, 0.1) is 30.1 Å². The van der Waals surface area contributed by atoms with Crippen molar-refractivity contribution in [2.75, 3.05) is 19.1 Å². The monoisotopic (exact) mass is 461 g/mol. The fourth-order valence-electron chi connectivity index (χ4n) is 3.39. The van der Waals surface area contributed by atoms with E-state index >= 15 is 0 Å². The predicted molar refractivity (Wildman–Crippen MR) is 124 cm³/mol. The number of hydrogen-bond acceptors (Lipinski definition) is 3. The number of carbonyl (C=O) groups is 1. The van der Waals surface area contributed by atoms with E-state index in [0.29, 0.717) is 11.3 Å². The van der Waals surface area contributed by atoms with E-state index in [9.17, 15) is 4.79 Å². The average Bonchev–Trinajstić information content (AvgIpc) is 3.10. The Morgan fingerprint density at radius 1 is 0.900 bits per heavy atom. The molecule has 0 fully saturated rings. The van der Waals surface area contributed by atoms with Crippen LogP contribution in [0.2, 0.25) is 0 Å². The first-order valence-electron chi connectivity index (χ1n) is 9.41. The summed E-state index contributed by atoms with van der Waals surface area (Å²) in [6, 6.07) is 23.1. The van der Waals surface area contributed by atoms with Crippen LogP contribution in [0.3, 0.4) is 0 Å². The second-order valence-corrected chi connectivity index (χ2v) is 7.59. The Labute approximate surface area is 184 Å². The molecule has 5 heteroatoms. The van der Waals surface area contributed by atoms with Gasteiger partial charge in [0.2, 0.25) is 0 Å². The van der Waals surface area contributed by atoms with Crippen LogP contribution in [0, 0.1) is 0 Å². The molecule has 4 nitrogen and oxygen atoms in total. The second kappa shape index (κ2) is 8.59. The lowest BCUT2D eigenvalue weighted by Gasteiger charge is -2.21. The van der Waals surface area contributed by atoms with Gasteiger partial charge in [0.15, 0.2) is 0 Å². The van der Waals surface area contributed by atoms with Crippen LogP contribution < -0.4 is 14.4 Å². The molecule has 0 atom stereocenters. The Bertz CT molecular complexity index is 1150. The first-order chi connectivity index (χ1) is 14.6. The molecule has 0 saturated heterocycles. The molecule has 0 spiro atoms. The SMILES string of the molecule is COc1cccc(N2C(=O)C(=Cc3ccc(OC)c(Br)c3)C=C2c2ccccc2)c1. The minimum Gasteiger partial charge on any atom is -0.497 e. The number of methoxy groups -OCH3 is 2. The summed E-state index contributed by atoms with van der Waals surface area (Å²) in [6.07, 6.45) is 3.81. The smallest absolute Gasteiger partial charge is 0.262 e. The Hall–Kier alpha value is -3.31. The van der Waals surface area contributed by atoms with E-state index in [1.165, 1.54) is 0 Å². The van der Waals surface area contributed by atoms with Crippen molar-refractivity contribution >= 4 is 39.3 Å². The van der Waals surface area contributed by atoms with E-state index in [1.807, 2.05) is 84.9 Å². The zero-order valence-electron chi connectivity index (χ0n) is 16.6. The first-order valence-corrected chi connectivity index (χ1v) is 10.2. The highest BCUT2D eigenvalue weighted by atomic mass is 79.9. The lowest BCUT2D eigenvalue weighted by molar-refractivity contribution is -0.113.